The predicted molar refractivity (Wildman–Crippen MR) is 292 cm³/mol. The fourth-order valence-corrected chi connectivity index (χ4v) is 7.11. The van der Waals surface area contributed by atoms with Crippen LogP contribution in [0.4, 0.5) is 22.7 Å². The normalized spacial score (nSPS) is 11.9. The van der Waals surface area contributed by atoms with Crippen LogP contribution in [0.3, 0.4) is 0 Å². The van der Waals surface area contributed by atoms with Crippen LogP contribution in [0.2, 0.25) is 0 Å². The van der Waals surface area contributed by atoms with Gasteiger partial charge in [-0.2, -0.15) is 0 Å². The van der Waals surface area contributed by atoms with Gasteiger partial charge in [-0.05, 0) is 123 Å². The third-order valence-electron chi connectivity index (χ3n) is 10.2. The molecule has 7 rings (SSSR count). The summed E-state index contributed by atoms with van der Waals surface area (Å²) in [5.41, 5.74) is 17.8. The predicted octanol–water partition coefficient (Wildman–Crippen LogP) is 18.3. The van der Waals surface area contributed by atoms with E-state index in [2.05, 4.69) is 203 Å². The largest absolute Gasteiger partial charge is 0.344 e. The van der Waals surface area contributed by atoms with Gasteiger partial charge >= 0.3 is 0 Å². The number of aryl methyl sites for hydroxylation is 1. The average Bonchev–Trinajstić information content (AvgIpc) is 3.34. The number of para-hydroxylation sites is 2. The van der Waals surface area contributed by atoms with E-state index in [4.69, 9.17) is 4.98 Å². The minimum absolute atomic E-state index is 0.742. The second-order valence-corrected chi connectivity index (χ2v) is 15.6. The topological polar surface area (TPSA) is 19.4 Å². The fraction of sp³-hybridized carbons (Fsp3) is 0.210. The van der Waals surface area contributed by atoms with Crippen LogP contribution in [0.1, 0.15) is 78.1 Å². The maximum absolute atomic E-state index is 5.04. The molecule has 0 amide bonds. The van der Waals surface area contributed by atoms with Crippen LogP contribution in [0.15, 0.2) is 214 Å². The summed E-state index contributed by atoms with van der Waals surface area (Å²) in [5.74, 6) is 0. The van der Waals surface area contributed by atoms with Gasteiger partial charge in [0, 0.05) is 59.6 Å². The molecule has 5 aromatic carbocycles. The number of hydrogen-bond acceptors (Lipinski definition) is 3. The van der Waals surface area contributed by atoms with E-state index in [9.17, 15) is 0 Å². The summed E-state index contributed by atoms with van der Waals surface area (Å²) in [6.07, 6.45) is 18.6. The molecule has 0 unspecified atom stereocenters. The van der Waals surface area contributed by atoms with Crippen molar-refractivity contribution in [3.05, 3.63) is 231 Å². The van der Waals surface area contributed by atoms with Crippen molar-refractivity contribution in [1.82, 2.24) is 4.98 Å². The van der Waals surface area contributed by atoms with Gasteiger partial charge in [-0.25, -0.2) is 0 Å². The standard InChI is InChI=1S/C49H45N3.2C4H8.C3H6.C2H6/c1-5-7-8-9-13-21-43-31-41(34-47(50-43)40-19-11-10-12-20-40)38-25-27-39(28-26-38)42-32-44(51(4)48-23-16-14-18-36(48)3)35-45(33-42)52-30-29-37(6-2)46-22-15-17-24-49(46)52;1-4(2)3;1-3-4-2;1-3-2;1-2/h5-20,22-28,31-35H,1,21,29-30H2,2-4H3;1H2,2-3H3;3H,1,4H2,2H3;3H,1H2,2H3;1-2H3/b8-7-,13-9-,37-6+;;;;. The summed E-state index contributed by atoms with van der Waals surface area (Å²) in [7, 11) is 2.17. The summed E-state index contributed by atoms with van der Waals surface area (Å²) >= 11 is 0. The van der Waals surface area contributed by atoms with E-state index in [-0.39, 0.29) is 0 Å². The van der Waals surface area contributed by atoms with Crippen LogP contribution in [0.5, 0.6) is 0 Å². The molecule has 0 radical (unpaired) electrons. The smallest absolute Gasteiger partial charge is 0.0711 e. The Kier molecular flexibility index (Phi) is 23.1. The first-order chi connectivity index (χ1) is 31.6. The summed E-state index contributed by atoms with van der Waals surface area (Å²) in [6.45, 7) is 31.3. The molecule has 0 spiro atoms. The molecular weight excluding hydrogens is 787 g/mol. The zero-order chi connectivity index (χ0) is 47.6. The van der Waals surface area contributed by atoms with Gasteiger partial charge in [-0.1, -0.05) is 173 Å². The molecule has 0 aliphatic carbocycles. The first-order valence-electron chi connectivity index (χ1n) is 23.0. The van der Waals surface area contributed by atoms with Gasteiger partial charge in [0.05, 0.1) is 5.69 Å². The minimum Gasteiger partial charge on any atom is -0.344 e. The molecule has 0 saturated carbocycles. The molecule has 1 aliphatic rings. The molecule has 0 saturated heterocycles. The quantitative estimate of drug-likeness (QED) is 0.0956. The summed E-state index contributed by atoms with van der Waals surface area (Å²) in [4.78, 5) is 9.84. The zero-order valence-electron chi connectivity index (χ0n) is 40.8. The second kappa shape index (κ2) is 28.7. The van der Waals surface area contributed by atoms with Gasteiger partial charge in [0.2, 0.25) is 0 Å². The van der Waals surface area contributed by atoms with Crippen molar-refractivity contribution in [2.24, 2.45) is 0 Å². The van der Waals surface area contributed by atoms with Crippen molar-refractivity contribution >= 4 is 28.3 Å². The van der Waals surface area contributed by atoms with Crippen molar-refractivity contribution in [3.8, 4) is 33.5 Å². The lowest BCUT2D eigenvalue weighted by Gasteiger charge is -2.34. The minimum atomic E-state index is 0.742. The molecule has 0 atom stereocenters. The van der Waals surface area contributed by atoms with Crippen molar-refractivity contribution in [1.29, 1.82) is 0 Å². The molecule has 0 N–H and O–H groups in total. The van der Waals surface area contributed by atoms with Crippen molar-refractivity contribution in [3.63, 3.8) is 0 Å². The summed E-state index contributed by atoms with van der Waals surface area (Å²) < 4.78 is 0. The van der Waals surface area contributed by atoms with Crippen LogP contribution in [0, 0.1) is 6.92 Å². The van der Waals surface area contributed by atoms with Crippen LogP contribution in [-0.4, -0.2) is 18.6 Å². The van der Waals surface area contributed by atoms with Gasteiger partial charge in [-0.15, -0.1) is 19.7 Å². The third-order valence-corrected chi connectivity index (χ3v) is 10.2. The molecule has 0 bridgehead atoms. The van der Waals surface area contributed by atoms with E-state index in [1.807, 2.05) is 65.0 Å². The number of benzene rings is 5. The Labute approximate surface area is 393 Å². The van der Waals surface area contributed by atoms with Crippen molar-refractivity contribution < 1.29 is 0 Å². The van der Waals surface area contributed by atoms with Crippen molar-refractivity contribution in [2.75, 3.05) is 23.4 Å². The molecule has 336 valence electrons. The highest BCUT2D eigenvalue weighted by molar-refractivity contribution is 5.87. The van der Waals surface area contributed by atoms with E-state index >= 15 is 0 Å². The Hall–Kier alpha value is -6.97. The molecule has 3 nitrogen and oxygen atoms in total. The van der Waals surface area contributed by atoms with Crippen molar-refractivity contribution in [2.45, 2.75) is 74.7 Å². The highest BCUT2D eigenvalue weighted by atomic mass is 15.2. The highest BCUT2D eigenvalue weighted by Gasteiger charge is 2.23. The van der Waals surface area contributed by atoms with Crippen LogP contribution in [-0.2, 0) is 6.42 Å². The van der Waals surface area contributed by atoms with E-state index in [0.29, 0.717) is 0 Å². The van der Waals surface area contributed by atoms with Gasteiger partial charge in [0.1, 0.15) is 0 Å². The molecule has 3 heteroatoms. The molecule has 1 aromatic heterocycles. The number of nitrogens with zero attached hydrogens (tertiary/aromatic N) is 3. The molecule has 2 heterocycles. The third kappa shape index (κ3) is 16.0. The van der Waals surface area contributed by atoms with E-state index < -0.39 is 0 Å². The Morgan fingerprint density at radius 1 is 0.708 bits per heavy atom. The van der Waals surface area contributed by atoms with E-state index in [0.717, 1.165) is 59.6 Å². The molecule has 1 aliphatic heterocycles. The van der Waals surface area contributed by atoms with Gasteiger partial charge in [0.25, 0.3) is 0 Å². The number of anilines is 4. The molecule has 65 heavy (non-hydrogen) atoms. The molecule has 6 aromatic rings. The first kappa shape index (κ1) is 52.4. The van der Waals surface area contributed by atoms with Crippen LogP contribution in [0.25, 0.3) is 39.1 Å². The summed E-state index contributed by atoms with van der Waals surface area (Å²) in [6, 6.07) is 48.3. The lowest BCUT2D eigenvalue weighted by molar-refractivity contribution is 0.922. The lowest BCUT2D eigenvalue weighted by atomic mass is 9.94. The van der Waals surface area contributed by atoms with E-state index in [1.54, 1.807) is 12.2 Å². The monoisotopic (exact) mass is 860 g/mol. The average molecular weight is 860 g/mol. The Morgan fingerprint density at radius 2 is 1.29 bits per heavy atom. The Bertz CT molecular complexity index is 2490. The van der Waals surface area contributed by atoms with Gasteiger partial charge in [-0.3, -0.25) is 4.98 Å². The number of allylic oxidation sites excluding steroid dienone is 9. The summed E-state index contributed by atoms with van der Waals surface area (Å²) in [5, 5.41) is 0. The Morgan fingerprint density at radius 3 is 1.89 bits per heavy atom. The number of pyridine rings is 1. The number of aromatic nitrogens is 1. The maximum atomic E-state index is 5.04. The lowest BCUT2D eigenvalue weighted by Crippen LogP contribution is -2.24. The van der Waals surface area contributed by atoms with E-state index in [1.165, 1.54) is 50.5 Å². The zero-order valence-corrected chi connectivity index (χ0v) is 40.8. The highest BCUT2D eigenvalue weighted by Crippen LogP contribution is 2.42. The molecular formula is C62H73N3. The first-order valence-corrected chi connectivity index (χ1v) is 23.0. The fourth-order valence-electron chi connectivity index (χ4n) is 7.11. The molecule has 0 fully saturated rings. The number of hydrogen-bond donors (Lipinski definition) is 0. The maximum Gasteiger partial charge on any atom is 0.0711 e. The Balaban J connectivity index is 0.000000772. The SMILES string of the molecule is C=C(C)C.C=C/C=C\C=C/Cc1cc(-c2ccc(-c3cc(N(C)c4ccccc4C)cc(N4CC/C(=C\C)c5ccccc54)c3)cc2)cc(-c2ccccc2)n1.C=CC.C=CCC.CC. The number of fused-ring (bicyclic) bond motifs is 1. The van der Waals surface area contributed by atoms with Crippen LogP contribution >= 0.6 is 0 Å². The second-order valence-electron chi connectivity index (χ2n) is 15.6. The van der Waals surface area contributed by atoms with Crippen LogP contribution < -0.4 is 9.80 Å². The van der Waals surface area contributed by atoms with Gasteiger partial charge < -0.3 is 9.80 Å². The van der Waals surface area contributed by atoms with Gasteiger partial charge in [0.15, 0.2) is 0 Å². The number of rotatable bonds is 11.